The number of nitrogens with one attached hydrogen (secondary N) is 1. The van der Waals surface area contributed by atoms with E-state index in [-0.39, 0.29) is 18.1 Å². The van der Waals surface area contributed by atoms with Gasteiger partial charge in [0, 0.05) is 6.04 Å². The van der Waals surface area contributed by atoms with E-state index in [1.165, 1.54) is 0 Å². The van der Waals surface area contributed by atoms with Gasteiger partial charge in [-0.05, 0) is 45.0 Å². The van der Waals surface area contributed by atoms with Gasteiger partial charge in [0.1, 0.15) is 5.75 Å². The Hall–Kier alpha value is -1.55. The maximum atomic E-state index is 11.7. The maximum Gasteiger partial charge on any atom is 0.307 e. The Labute approximate surface area is 121 Å². The van der Waals surface area contributed by atoms with Crippen LogP contribution in [0, 0.1) is 0 Å². The SMILES string of the molecule is CCNC(CC(=O)OCC)c1cccc(OC(C)C)c1. The second-order valence-corrected chi connectivity index (χ2v) is 4.86. The van der Waals surface area contributed by atoms with Crippen molar-refractivity contribution in [3.8, 4) is 5.75 Å². The van der Waals surface area contributed by atoms with Gasteiger partial charge in [-0.25, -0.2) is 0 Å². The van der Waals surface area contributed by atoms with Crippen LogP contribution >= 0.6 is 0 Å². The first-order valence-electron chi connectivity index (χ1n) is 7.22. The molecule has 1 aromatic carbocycles. The molecule has 0 amide bonds. The highest BCUT2D eigenvalue weighted by Gasteiger charge is 2.16. The Morgan fingerprint density at radius 1 is 1.30 bits per heavy atom. The molecule has 1 rings (SSSR count). The van der Waals surface area contributed by atoms with Crippen LogP contribution in [0.2, 0.25) is 0 Å². The van der Waals surface area contributed by atoms with Gasteiger partial charge in [-0.1, -0.05) is 19.1 Å². The van der Waals surface area contributed by atoms with Crippen LogP contribution in [0.15, 0.2) is 24.3 Å². The van der Waals surface area contributed by atoms with E-state index >= 15 is 0 Å². The molecule has 0 saturated carbocycles. The third kappa shape index (κ3) is 5.61. The molecule has 0 heterocycles. The summed E-state index contributed by atoms with van der Waals surface area (Å²) in [6, 6.07) is 7.81. The first-order valence-corrected chi connectivity index (χ1v) is 7.22. The van der Waals surface area contributed by atoms with Crippen LogP contribution in [0.25, 0.3) is 0 Å². The molecule has 112 valence electrons. The van der Waals surface area contributed by atoms with Gasteiger partial charge in [-0.3, -0.25) is 4.79 Å². The lowest BCUT2D eigenvalue weighted by Gasteiger charge is -2.19. The zero-order valence-corrected chi connectivity index (χ0v) is 12.8. The molecule has 0 radical (unpaired) electrons. The molecule has 0 saturated heterocycles. The van der Waals surface area contributed by atoms with Crippen molar-refractivity contribution in [3.63, 3.8) is 0 Å². The minimum absolute atomic E-state index is 0.0465. The summed E-state index contributed by atoms with van der Waals surface area (Å²) in [5.41, 5.74) is 1.04. The van der Waals surface area contributed by atoms with Crippen molar-refractivity contribution in [2.45, 2.75) is 46.3 Å². The van der Waals surface area contributed by atoms with E-state index in [0.717, 1.165) is 17.9 Å². The molecule has 0 bridgehead atoms. The van der Waals surface area contributed by atoms with Gasteiger partial charge >= 0.3 is 5.97 Å². The number of ether oxygens (including phenoxy) is 2. The van der Waals surface area contributed by atoms with Gasteiger partial charge in [0.25, 0.3) is 0 Å². The van der Waals surface area contributed by atoms with Crippen LogP contribution in [-0.2, 0) is 9.53 Å². The summed E-state index contributed by atoms with van der Waals surface area (Å²) in [4.78, 5) is 11.7. The molecule has 1 N–H and O–H groups in total. The van der Waals surface area contributed by atoms with Crippen molar-refractivity contribution in [2.75, 3.05) is 13.2 Å². The van der Waals surface area contributed by atoms with Crippen molar-refractivity contribution in [3.05, 3.63) is 29.8 Å². The normalized spacial score (nSPS) is 12.2. The molecule has 0 aliphatic rings. The molecule has 0 aliphatic heterocycles. The number of carbonyl (C=O) groups excluding carboxylic acids is 1. The fourth-order valence-electron chi connectivity index (χ4n) is 2.02. The number of rotatable bonds is 8. The molecule has 1 aromatic rings. The highest BCUT2D eigenvalue weighted by Crippen LogP contribution is 2.23. The van der Waals surface area contributed by atoms with Crippen molar-refractivity contribution in [2.24, 2.45) is 0 Å². The average molecular weight is 279 g/mol. The maximum absolute atomic E-state index is 11.7. The predicted octanol–water partition coefficient (Wildman–Crippen LogP) is 3.08. The summed E-state index contributed by atoms with van der Waals surface area (Å²) in [5.74, 6) is 0.637. The molecule has 1 atom stereocenters. The van der Waals surface area contributed by atoms with Gasteiger partial charge in [-0.15, -0.1) is 0 Å². The van der Waals surface area contributed by atoms with Crippen molar-refractivity contribution >= 4 is 5.97 Å². The number of hydrogen-bond donors (Lipinski definition) is 1. The molecular formula is C16H25NO3. The smallest absolute Gasteiger partial charge is 0.307 e. The predicted molar refractivity (Wildman–Crippen MR) is 79.9 cm³/mol. The molecule has 4 nitrogen and oxygen atoms in total. The molecule has 0 spiro atoms. The summed E-state index contributed by atoms with van der Waals surface area (Å²) in [6.45, 7) is 9.03. The molecule has 1 unspecified atom stereocenters. The van der Waals surface area contributed by atoms with Crippen LogP contribution in [0.5, 0.6) is 5.75 Å². The van der Waals surface area contributed by atoms with Crippen LogP contribution in [0.4, 0.5) is 0 Å². The molecule has 20 heavy (non-hydrogen) atoms. The average Bonchev–Trinajstić information content (AvgIpc) is 2.38. The van der Waals surface area contributed by atoms with Crippen molar-refractivity contribution < 1.29 is 14.3 Å². The van der Waals surface area contributed by atoms with Crippen molar-refractivity contribution in [1.29, 1.82) is 0 Å². The zero-order chi connectivity index (χ0) is 15.0. The van der Waals surface area contributed by atoms with E-state index in [0.29, 0.717) is 13.0 Å². The van der Waals surface area contributed by atoms with E-state index < -0.39 is 0 Å². The first-order chi connectivity index (χ1) is 9.56. The fourth-order valence-corrected chi connectivity index (χ4v) is 2.02. The van der Waals surface area contributed by atoms with E-state index in [9.17, 15) is 4.79 Å². The minimum atomic E-state index is -0.186. The van der Waals surface area contributed by atoms with Gasteiger partial charge in [0.15, 0.2) is 0 Å². The molecule has 0 fully saturated rings. The first kappa shape index (κ1) is 16.5. The lowest BCUT2D eigenvalue weighted by molar-refractivity contribution is -0.143. The van der Waals surface area contributed by atoms with Crippen LogP contribution in [-0.4, -0.2) is 25.2 Å². The summed E-state index contributed by atoms with van der Waals surface area (Å²) in [6.07, 6.45) is 0.459. The second-order valence-electron chi connectivity index (χ2n) is 4.86. The molecule has 0 aliphatic carbocycles. The topological polar surface area (TPSA) is 47.6 Å². The summed E-state index contributed by atoms with van der Waals surface area (Å²) in [5, 5.41) is 3.31. The lowest BCUT2D eigenvalue weighted by atomic mass is 10.0. The Bertz CT molecular complexity index is 418. The Kier molecular flexibility index (Phi) is 7.09. The summed E-state index contributed by atoms with van der Waals surface area (Å²) < 4.78 is 10.7. The van der Waals surface area contributed by atoms with E-state index in [1.54, 1.807) is 0 Å². The van der Waals surface area contributed by atoms with Crippen LogP contribution in [0.1, 0.15) is 45.7 Å². The molecular weight excluding hydrogens is 254 g/mol. The van der Waals surface area contributed by atoms with Crippen molar-refractivity contribution in [1.82, 2.24) is 5.32 Å². The van der Waals surface area contributed by atoms with Gasteiger partial charge in [0.05, 0.1) is 19.1 Å². The minimum Gasteiger partial charge on any atom is -0.491 e. The summed E-state index contributed by atoms with van der Waals surface area (Å²) >= 11 is 0. The highest BCUT2D eigenvalue weighted by molar-refractivity contribution is 5.70. The van der Waals surface area contributed by atoms with E-state index in [2.05, 4.69) is 5.32 Å². The van der Waals surface area contributed by atoms with Crippen LogP contribution in [0.3, 0.4) is 0 Å². The highest BCUT2D eigenvalue weighted by atomic mass is 16.5. The van der Waals surface area contributed by atoms with Gasteiger partial charge in [-0.2, -0.15) is 0 Å². The largest absolute Gasteiger partial charge is 0.491 e. The Morgan fingerprint density at radius 3 is 2.65 bits per heavy atom. The van der Waals surface area contributed by atoms with Crippen LogP contribution < -0.4 is 10.1 Å². The standard InChI is InChI=1S/C16H25NO3/c1-5-17-15(11-16(18)19-6-2)13-8-7-9-14(10-13)20-12(3)4/h7-10,12,15,17H,5-6,11H2,1-4H3. The molecule has 4 heteroatoms. The van der Waals surface area contributed by atoms with E-state index in [1.807, 2.05) is 52.0 Å². The Morgan fingerprint density at radius 2 is 2.05 bits per heavy atom. The van der Waals surface area contributed by atoms with Gasteiger partial charge < -0.3 is 14.8 Å². The van der Waals surface area contributed by atoms with Gasteiger partial charge in [0.2, 0.25) is 0 Å². The zero-order valence-electron chi connectivity index (χ0n) is 12.8. The number of benzene rings is 1. The fraction of sp³-hybridized carbons (Fsp3) is 0.562. The number of hydrogen-bond acceptors (Lipinski definition) is 4. The quantitative estimate of drug-likeness (QED) is 0.743. The lowest BCUT2D eigenvalue weighted by Crippen LogP contribution is -2.24. The number of carbonyl (C=O) groups is 1. The second kappa shape index (κ2) is 8.59. The third-order valence-corrected chi connectivity index (χ3v) is 2.76. The van der Waals surface area contributed by atoms with E-state index in [4.69, 9.17) is 9.47 Å². The third-order valence-electron chi connectivity index (χ3n) is 2.76. The monoisotopic (exact) mass is 279 g/mol. The Balaban J connectivity index is 2.82. The number of esters is 1. The molecule has 0 aromatic heterocycles. The summed E-state index contributed by atoms with van der Waals surface area (Å²) in [7, 11) is 0.